The molecule has 0 saturated heterocycles. The van der Waals surface area contributed by atoms with E-state index >= 15 is 0 Å². The monoisotopic (exact) mass is 322 g/mol. The van der Waals surface area contributed by atoms with Crippen molar-refractivity contribution in [3.63, 3.8) is 0 Å². The second kappa shape index (κ2) is 5.90. The number of aryl methyl sites for hydroxylation is 2. The van der Waals surface area contributed by atoms with E-state index in [4.69, 9.17) is 11.6 Å². The summed E-state index contributed by atoms with van der Waals surface area (Å²) >= 11 is 10.1. The van der Waals surface area contributed by atoms with Crippen LogP contribution in [0.5, 0.6) is 0 Å². The third-order valence-corrected chi connectivity index (χ3v) is 4.39. The van der Waals surface area contributed by atoms with E-state index in [2.05, 4.69) is 66.2 Å². The van der Waals surface area contributed by atoms with Crippen molar-refractivity contribution in [2.75, 3.05) is 0 Å². The third-order valence-electron chi connectivity index (χ3n) is 3.14. The Kier molecular flexibility index (Phi) is 4.47. The zero-order valence-electron chi connectivity index (χ0n) is 10.6. The Bertz CT molecular complexity index is 534. The van der Waals surface area contributed by atoms with Gasteiger partial charge in [0, 0.05) is 4.47 Å². The average Bonchev–Trinajstić information content (AvgIpc) is 2.35. The van der Waals surface area contributed by atoms with Crippen molar-refractivity contribution < 1.29 is 0 Å². The maximum atomic E-state index is 6.56. The first-order valence-electron chi connectivity index (χ1n) is 6.02. The van der Waals surface area contributed by atoms with Gasteiger partial charge in [-0.3, -0.25) is 0 Å². The van der Waals surface area contributed by atoms with Crippen LogP contribution >= 0.6 is 27.5 Å². The summed E-state index contributed by atoms with van der Waals surface area (Å²) in [6.07, 6.45) is 0.865. The summed E-state index contributed by atoms with van der Waals surface area (Å²) in [7, 11) is 0. The van der Waals surface area contributed by atoms with Gasteiger partial charge in [0.25, 0.3) is 0 Å². The molecule has 0 radical (unpaired) electrons. The van der Waals surface area contributed by atoms with Crippen LogP contribution in [0.25, 0.3) is 0 Å². The van der Waals surface area contributed by atoms with E-state index in [0.717, 1.165) is 10.9 Å². The summed E-state index contributed by atoms with van der Waals surface area (Å²) in [5.41, 5.74) is 4.97. The standard InChI is InChI=1S/C16H16BrCl/c1-11-9-15(17)12(2)8-14(11)16(18)10-13-6-4-3-5-7-13/h3-9,16H,10H2,1-2H3. The molecule has 0 N–H and O–H groups in total. The highest BCUT2D eigenvalue weighted by atomic mass is 79.9. The highest BCUT2D eigenvalue weighted by molar-refractivity contribution is 9.10. The van der Waals surface area contributed by atoms with Crippen molar-refractivity contribution in [3.05, 3.63) is 69.2 Å². The molecule has 1 atom stereocenters. The summed E-state index contributed by atoms with van der Waals surface area (Å²) in [6, 6.07) is 14.7. The van der Waals surface area contributed by atoms with Gasteiger partial charge in [-0.2, -0.15) is 0 Å². The van der Waals surface area contributed by atoms with Crippen LogP contribution in [0.15, 0.2) is 46.9 Å². The van der Waals surface area contributed by atoms with Gasteiger partial charge in [-0.05, 0) is 48.6 Å². The van der Waals surface area contributed by atoms with Crippen LogP contribution in [0.4, 0.5) is 0 Å². The molecule has 0 saturated carbocycles. The van der Waals surface area contributed by atoms with E-state index in [-0.39, 0.29) is 5.38 Å². The summed E-state index contributed by atoms with van der Waals surface area (Å²) in [5, 5.41) is 0.0270. The van der Waals surface area contributed by atoms with Crippen LogP contribution in [-0.2, 0) is 6.42 Å². The third kappa shape index (κ3) is 3.15. The first kappa shape index (κ1) is 13.6. The minimum absolute atomic E-state index is 0.0270. The van der Waals surface area contributed by atoms with Crippen molar-refractivity contribution >= 4 is 27.5 Å². The summed E-state index contributed by atoms with van der Waals surface area (Å²) < 4.78 is 1.15. The molecule has 0 aromatic heterocycles. The van der Waals surface area contributed by atoms with Gasteiger partial charge in [0.2, 0.25) is 0 Å². The van der Waals surface area contributed by atoms with Gasteiger partial charge in [0.15, 0.2) is 0 Å². The molecule has 0 nitrogen and oxygen atoms in total. The van der Waals surface area contributed by atoms with Crippen LogP contribution < -0.4 is 0 Å². The molecule has 0 spiro atoms. The molecule has 0 heterocycles. The van der Waals surface area contributed by atoms with Crippen molar-refractivity contribution in [1.82, 2.24) is 0 Å². The second-order valence-corrected chi connectivity index (χ2v) is 6.00. The zero-order chi connectivity index (χ0) is 13.1. The molecule has 0 bridgehead atoms. The topological polar surface area (TPSA) is 0 Å². The van der Waals surface area contributed by atoms with E-state index in [1.165, 1.54) is 22.3 Å². The van der Waals surface area contributed by atoms with Gasteiger partial charge in [0.1, 0.15) is 0 Å². The highest BCUT2D eigenvalue weighted by Crippen LogP contribution is 2.31. The number of hydrogen-bond acceptors (Lipinski definition) is 0. The minimum atomic E-state index is 0.0270. The normalized spacial score (nSPS) is 12.4. The average molecular weight is 324 g/mol. The highest BCUT2D eigenvalue weighted by Gasteiger charge is 2.13. The quantitative estimate of drug-likeness (QED) is 0.646. The lowest BCUT2D eigenvalue weighted by Crippen LogP contribution is -1.99. The van der Waals surface area contributed by atoms with Crippen LogP contribution in [-0.4, -0.2) is 0 Å². The van der Waals surface area contributed by atoms with Gasteiger partial charge in [-0.25, -0.2) is 0 Å². The molecular weight excluding hydrogens is 308 g/mol. The molecule has 18 heavy (non-hydrogen) atoms. The number of alkyl halides is 1. The fraction of sp³-hybridized carbons (Fsp3) is 0.250. The van der Waals surface area contributed by atoms with Crippen LogP contribution in [0, 0.1) is 13.8 Å². The van der Waals surface area contributed by atoms with Crippen LogP contribution in [0.3, 0.4) is 0 Å². The van der Waals surface area contributed by atoms with Gasteiger partial charge in [-0.15, -0.1) is 11.6 Å². The molecule has 2 aromatic carbocycles. The lowest BCUT2D eigenvalue weighted by atomic mass is 9.98. The number of halogens is 2. The maximum Gasteiger partial charge on any atom is 0.0628 e. The zero-order valence-corrected chi connectivity index (χ0v) is 12.9. The Labute approximate surface area is 122 Å². The van der Waals surface area contributed by atoms with Crippen molar-refractivity contribution in [2.24, 2.45) is 0 Å². The fourth-order valence-corrected chi connectivity index (χ4v) is 2.94. The molecule has 1 unspecified atom stereocenters. The largest absolute Gasteiger partial charge is 0.117 e. The molecule has 0 aliphatic rings. The Morgan fingerprint density at radius 2 is 1.72 bits per heavy atom. The SMILES string of the molecule is Cc1cc(C(Cl)Cc2ccccc2)c(C)cc1Br. The second-order valence-electron chi connectivity index (χ2n) is 4.62. The Hall–Kier alpha value is -0.790. The number of rotatable bonds is 3. The van der Waals surface area contributed by atoms with E-state index in [0.29, 0.717) is 0 Å². The van der Waals surface area contributed by atoms with Crippen LogP contribution in [0.2, 0.25) is 0 Å². The summed E-state index contributed by atoms with van der Waals surface area (Å²) in [5.74, 6) is 0. The molecule has 0 aliphatic heterocycles. The number of hydrogen-bond donors (Lipinski definition) is 0. The summed E-state index contributed by atoms with van der Waals surface area (Å²) in [6.45, 7) is 4.21. The lowest BCUT2D eigenvalue weighted by molar-refractivity contribution is 0.907. The van der Waals surface area contributed by atoms with Gasteiger partial charge in [0.05, 0.1) is 5.38 Å². The van der Waals surface area contributed by atoms with Gasteiger partial charge >= 0.3 is 0 Å². The molecule has 0 fully saturated rings. The molecule has 2 heteroatoms. The predicted octanol–water partition coefficient (Wildman–Crippen LogP) is 5.59. The smallest absolute Gasteiger partial charge is 0.0628 e. The van der Waals surface area contributed by atoms with Crippen molar-refractivity contribution in [2.45, 2.75) is 25.6 Å². The molecule has 94 valence electrons. The minimum Gasteiger partial charge on any atom is -0.117 e. The molecule has 2 rings (SSSR count). The Balaban J connectivity index is 2.24. The lowest BCUT2D eigenvalue weighted by Gasteiger charge is -2.15. The molecule has 2 aromatic rings. The first-order chi connectivity index (χ1) is 8.58. The van der Waals surface area contributed by atoms with E-state index in [1.54, 1.807) is 0 Å². The number of benzene rings is 2. The fourth-order valence-electron chi connectivity index (χ4n) is 2.07. The molecule has 0 amide bonds. The van der Waals surface area contributed by atoms with Crippen molar-refractivity contribution in [1.29, 1.82) is 0 Å². The first-order valence-corrected chi connectivity index (χ1v) is 7.25. The Morgan fingerprint density at radius 1 is 1.06 bits per heavy atom. The van der Waals surface area contributed by atoms with Gasteiger partial charge in [-0.1, -0.05) is 52.3 Å². The van der Waals surface area contributed by atoms with E-state index < -0.39 is 0 Å². The molecule has 0 aliphatic carbocycles. The van der Waals surface area contributed by atoms with E-state index in [1.807, 2.05) is 6.07 Å². The van der Waals surface area contributed by atoms with E-state index in [9.17, 15) is 0 Å². The predicted molar refractivity (Wildman–Crippen MR) is 82.4 cm³/mol. The van der Waals surface area contributed by atoms with Crippen molar-refractivity contribution in [3.8, 4) is 0 Å². The molecular formula is C16H16BrCl. The summed E-state index contributed by atoms with van der Waals surface area (Å²) in [4.78, 5) is 0. The Morgan fingerprint density at radius 3 is 2.39 bits per heavy atom. The van der Waals surface area contributed by atoms with Crippen LogP contribution in [0.1, 0.15) is 27.6 Å². The van der Waals surface area contributed by atoms with Gasteiger partial charge < -0.3 is 0 Å². The maximum absolute atomic E-state index is 6.56.